The molecule has 8 heteroatoms. The van der Waals surface area contributed by atoms with Crippen molar-refractivity contribution in [2.24, 2.45) is 0 Å². The minimum Gasteiger partial charge on any atom is 0 e. The molecule has 0 bridgehead atoms. The van der Waals surface area contributed by atoms with Crippen LogP contribution < -0.4 is 9.80 Å². The Hall–Kier alpha value is -0.412. The number of rotatable bonds is 4. The molecule has 5 nitrogen and oxygen atoms in total. The van der Waals surface area contributed by atoms with Crippen LogP contribution in [0.15, 0.2) is 24.3 Å². The van der Waals surface area contributed by atoms with Crippen molar-refractivity contribution in [1.82, 2.24) is 0 Å². The zero-order valence-corrected chi connectivity index (χ0v) is 28.3. The van der Waals surface area contributed by atoms with Crippen LogP contribution in [-0.2, 0) is 35.0 Å². The van der Waals surface area contributed by atoms with Gasteiger partial charge in [0.15, 0.2) is 0 Å². The SMILES string of the molecule is CC(C)(C)[PH+](CN1[CH-]N(C[PH+](C(C)(C)C)C(C)(C)C)c2ccccc21)C(C)(C)C.[C-]#[O+].[C-]#[O+].[C-]#[O+].[Mo]. The van der Waals surface area contributed by atoms with Crippen molar-refractivity contribution in [3.8, 4) is 0 Å². The van der Waals surface area contributed by atoms with Gasteiger partial charge >= 0.3 is 33.9 Å². The van der Waals surface area contributed by atoms with E-state index in [1.807, 2.05) is 0 Å². The van der Waals surface area contributed by atoms with Gasteiger partial charge in [-0.3, -0.25) is 0 Å². The van der Waals surface area contributed by atoms with Crippen molar-refractivity contribution < 1.29 is 35.0 Å². The van der Waals surface area contributed by atoms with E-state index in [2.05, 4.69) is 144 Å². The van der Waals surface area contributed by atoms with Crippen LogP contribution in [-0.4, -0.2) is 33.2 Å². The molecule has 0 unspecified atom stereocenters. The number of hydrogen-bond acceptors (Lipinski definition) is 2. The Kier molecular flexibility index (Phi) is 18.4. The summed E-state index contributed by atoms with van der Waals surface area (Å²) in [5, 5.41) is 1.46. The molecule has 0 aromatic heterocycles. The zero-order chi connectivity index (χ0) is 28.4. The molecule has 1 aromatic carbocycles. The molecule has 0 amide bonds. The summed E-state index contributed by atoms with van der Waals surface area (Å²) in [5.74, 6) is 0. The summed E-state index contributed by atoms with van der Waals surface area (Å²) in [6.07, 6.45) is 2.33. The van der Waals surface area contributed by atoms with Crippen LogP contribution in [0.2, 0.25) is 0 Å². The fourth-order valence-corrected chi connectivity index (χ4v) is 12.6. The van der Waals surface area contributed by atoms with Crippen LogP contribution in [0.4, 0.5) is 11.4 Å². The first kappa shape index (κ1) is 40.1. The van der Waals surface area contributed by atoms with Crippen molar-refractivity contribution in [3.05, 3.63) is 50.9 Å². The van der Waals surface area contributed by atoms with Crippen LogP contribution in [0.25, 0.3) is 0 Å². The third kappa shape index (κ3) is 12.0. The Morgan fingerprint density at radius 2 is 0.806 bits per heavy atom. The average Bonchev–Trinajstić information content (AvgIpc) is 3.09. The van der Waals surface area contributed by atoms with Gasteiger partial charge in [-0.15, -0.1) is 6.67 Å². The minimum absolute atomic E-state index is 0. The van der Waals surface area contributed by atoms with Crippen molar-refractivity contribution in [2.75, 3.05) is 22.4 Å². The molecule has 0 fully saturated rings. The zero-order valence-electron chi connectivity index (χ0n) is 24.3. The van der Waals surface area contributed by atoms with E-state index in [0.29, 0.717) is 20.6 Å². The first-order chi connectivity index (χ1) is 15.9. The summed E-state index contributed by atoms with van der Waals surface area (Å²) >= 11 is 0. The maximum absolute atomic E-state index is 7.50. The van der Waals surface area contributed by atoms with Crippen molar-refractivity contribution in [2.45, 2.75) is 104 Å². The Balaban J connectivity index is -0.00000144. The maximum Gasteiger partial charge on any atom is 0 e. The number of anilines is 2. The molecule has 1 aromatic rings. The number of fused-ring (bicyclic) bond motifs is 1. The molecule has 0 N–H and O–H groups in total. The van der Waals surface area contributed by atoms with E-state index in [4.69, 9.17) is 14.0 Å². The molecule has 0 atom stereocenters. The molecule has 36 heavy (non-hydrogen) atoms. The second kappa shape index (κ2) is 16.5. The van der Waals surface area contributed by atoms with E-state index in [1.54, 1.807) is 0 Å². The topological polar surface area (TPSA) is 66.2 Å². The summed E-state index contributed by atoms with van der Waals surface area (Å²) < 4.78 is 22.5. The smallest absolute Gasteiger partial charge is 0 e. The number of hydrogen-bond donors (Lipinski definition) is 0. The normalized spacial score (nSPS) is 13.2. The molecule has 0 saturated carbocycles. The predicted octanol–water partition coefficient (Wildman–Crippen LogP) is 7.85. The summed E-state index contributed by atoms with van der Waals surface area (Å²) in [5.41, 5.74) is 2.79. The fourth-order valence-electron chi connectivity index (χ4n) is 5.03. The van der Waals surface area contributed by atoms with Gasteiger partial charge in [0, 0.05) is 48.3 Å². The Labute approximate surface area is 238 Å². The number of nitrogens with zero attached hydrogens (tertiary/aromatic N) is 2. The van der Waals surface area contributed by atoms with Crippen molar-refractivity contribution in [3.63, 3.8) is 0 Å². The van der Waals surface area contributed by atoms with E-state index >= 15 is 0 Å². The summed E-state index contributed by atoms with van der Waals surface area (Å²) in [6.45, 7) is 45.2. The first-order valence-electron chi connectivity index (χ1n) is 11.7. The van der Waals surface area contributed by atoms with E-state index < -0.39 is 15.8 Å². The largest absolute Gasteiger partial charge is 0 e. The van der Waals surface area contributed by atoms with Gasteiger partial charge in [-0.2, -0.15) is 0 Å². The molecule has 0 aliphatic carbocycles. The molecule has 1 aliphatic rings. The van der Waals surface area contributed by atoms with Crippen LogP contribution in [0.3, 0.4) is 0 Å². The minimum atomic E-state index is -0.631. The average molecular weight is 618 g/mol. The molecule has 0 saturated heterocycles. The maximum atomic E-state index is 7.50. The Bertz CT molecular complexity index is 727. The van der Waals surface area contributed by atoms with Gasteiger partial charge in [0.25, 0.3) is 0 Å². The van der Waals surface area contributed by atoms with E-state index in [1.165, 1.54) is 11.4 Å². The fraction of sp³-hybridized carbons (Fsp3) is 0.643. The van der Waals surface area contributed by atoms with Gasteiger partial charge in [0.05, 0.1) is 20.6 Å². The predicted molar refractivity (Wildman–Crippen MR) is 153 cm³/mol. The molecular formula is C28H47MoN2O3P2+. The summed E-state index contributed by atoms with van der Waals surface area (Å²) in [6, 6.07) is 9.03. The van der Waals surface area contributed by atoms with Gasteiger partial charge < -0.3 is 9.80 Å². The molecule has 1 heterocycles. The molecule has 1 aliphatic heterocycles. The summed E-state index contributed by atoms with van der Waals surface area (Å²) in [7, 11) is -1.26. The first-order valence-corrected chi connectivity index (χ1v) is 15.2. The third-order valence-corrected chi connectivity index (χ3v) is 14.6. The standard InChI is InChI=1S/C25H45N2P2.3CO.Mo/c1-22(2,3)28(23(4,5)6)18-26-17-27(21-16-14-13-15-20(21)26)19-29(24(7,8)9)25(10,11)12;3*1-2;/h13-17H,18-19H2,1-12H3;;;;/q-1;;;;/p+2. The Morgan fingerprint density at radius 1 is 0.583 bits per heavy atom. The van der Waals surface area contributed by atoms with Crippen LogP contribution in [0.1, 0.15) is 83.1 Å². The van der Waals surface area contributed by atoms with Gasteiger partial charge in [-0.05, 0) is 95.2 Å². The molecule has 0 radical (unpaired) electrons. The monoisotopic (exact) mass is 619 g/mol. The van der Waals surface area contributed by atoms with Gasteiger partial charge in [-0.25, -0.2) is 0 Å². The number of benzene rings is 1. The molecular weight excluding hydrogens is 570 g/mol. The van der Waals surface area contributed by atoms with E-state index in [0.717, 1.165) is 12.6 Å². The second-order valence-corrected chi connectivity index (χ2v) is 21.4. The van der Waals surface area contributed by atoms with Gasteiger partial charge in [0.2, 0.25) is 0 Å². The number of para-hydroxylation sites is 2. The molecule has 202 valence electrons. The van der Waals surface area contributed by atoms with E-state index in [-0.39, 0.29) is 21.1 Å². The van der Waals surface area contributed by atoms with Crippen LogP contribution >= 0.6 is 15.8 Å². The summed E-state index contributed by atoms with van der Waals surface area (Å²) in [4.78, 5) is 5.15. The van der Waals surface area contributed by atoms with Gasteiger partial charge in [-0.1, -0.05) is 12.1 Å². The third-order valence-electron chi connectivity index (χ3n) is 6.06. The molecule has 0 spiro atoms. The van der Waals surface area contributed by atoms with E-state index in [9.17, 15) is 0 Å². The van der Waals surface area contributed by atoms with Crippen LogP contribution in [0.5, 0.6) is 0 Å². The Morgan fingerprint density at radius 3 is 1.00 bits per heavy atom. The van der Waals surface area contributed by atoms with Crippen molar-refractivity contribution >= 4 is 27.2 Å². The molecule has 2 rings (SSSR count). The quantitative estimate of drug-likeness (QED) is 0.150. The van der Waals surface area contributed by atoms with Crippen molar-refractivity contribution in [1.29, 1.82) is 0 Å². The second-order valence-electron chi connectivity index (χ2n) is 12.8. The van der Waals surface area contributed by atoms with Gasteiger partial charge in [0.1, 0.15) is 12.6 Å². The van der Waals surface area contributed by atoms with Crippen LogP contribution in [0, 0.1) is 26.6 Å².